The molecule has 3 heterocycles. The molecule has 1 aromatic carbocycles. The van der Waals surface area contributed by atoms with Gasteiger partial charge in [-0.2, -0.15) is 0 Å². The van der Waals surface area contributed by atoms with Crippen molar-refractivity contribution < 1.29 is 19.1 Å². The highest BCUT2D eigenvalue weighted by Gasteiger charge is 2.42. The van der Waals surface area contributed by atoms with Gasteiger partial charge in [0.2, 0.25) is 5.91 Å². The lowest BCUT2D eigenvalue weighted by molar-refractivity contribution is -0.188. The van der Waals surface area contributed by atoms with E-state index >= 15 is 0 Å². The fourth-order valence-corrected chi connectivity index (χ4v) is 4.38. The van der Waals surface area contributed by atoms with Gasteiger partial charge in [-0.05, 0) is 37.1 Å². The summed E-state index contributed by atoms with van der Waals surface area (Å²) in [5, 5.41) is 0.608. The van der Waals surface area contributed by atoms with Gasteiger partial charge in [0, 0.05) is 49.6 Å². The van der Waals surface area contributed by atoms with Crippen molar-refractivity contribution in [3.8, 4) is 0 Å². The Bertz CT molecular complexity index is 692. The highest BCUT2D eigenvalue weighted by atomic mass is 35.5. The number of piperidine rings is 2. The van der Waals surface area contributed by atoms with Crippen LogP contribution in [0.15, 0.2) is 24.3 Å². The Morgan fingerprint density at radius 1 is 1.00 bits per heavy atom. The molecule has 1 atom stereocenters. The number of likely N-dealkylation sites (tertiary alicyclic amines) is 2. The van der Waals surface area contributed by atoms with E-state index in [2.05, 4.69) is 0 Å². The summed E-state index contributed by atoms with van der Waals surface area (Å²) in [6.07, 6.45) is 3.12. The minimum atomic E-state index is -0.472. The van der Waals surface area contributed by atoms with Crippen LogP contribution in [0, 0.1) is 5.92 Å². The summed E-state index contributed by atoms with van der Waals surface area (Å²) in [6.45, 7) is 3.75. The maximum atomic E-state index is 13.0. The van der Waals surface area contributed by atoms with Crippen LogP contribution in [0.25, 0.3) is 0 Å². The lowest BCUT2D eigenvalue weighted by atomic mass is 9.94. The standard InChI is InChI=1S/C20H25ClN2O4/c21-17-5-3-15(4-6-17)18(24)23-9-1-2-16(14-23)19(25)22-10-7-20(8-11-22)26-12-13-27-20/h3-6,16H,1-2,7-14H2. The molecular weight excluding hydrogens is 368 g/mol. The third kappa shape index (κ3) is 3.98. The summed E-state index contributed by atoms with van der Waals surface area (Å²) in [6, 6.07) is 6.92. The first-order chi connectivity index (χ1) is 13.1. The van der Waals surface area contributed by atoms with Crippen LogP contribution in [0.3, 0.4) is 0 Å². The molecule has 27 heavy (non-hydrogen) atoms. The SMILES string of the molecule is O=C(c1ccc(Cl)cc1)N1CCCC(C(=O)N2CCC3(CC2)OCCO3)C1. The van der Waals surface area contributed by atoms with Crippen molar-refractivity contribution >= 4 is 23.4 Å². The second-order valence-corrected chi connectivity index (χ2v) is 7.97. The van der Waals surface area contributed by atoms with Crippen molar-refractivity contribution in [2.75, 3.05) is 39.4 Å². The van der Waals surface area contributed by atoms with Gasteiger partial charge in [-0.1, -0.05) is 11.6 Å². The molecule has 146 valence electrons. The first-order valence-electron chi connectivity index (χ1n) is 9.68. The molecule has 3 aliphatic heterocycles. The number of nitrogens with zero attached hydrogens (tertiary/aromatic N) is 2. The van der Waals surface area contributed by atoms with Gasteiger partial charge in [0.05, 0.1) is 19.1 Å². The van der Waals surface area contributed by atoms with Crippen molar-refractivity contribution in [3.63, 3.8) is 0 Å². The molecule has 3 aliphatic rings. The van der Waals surface area contributed by atoms with Crippen LogP contribution in [-0.4, -0.2) is 66.8 Å². The normalized spacial score (nSPS) is 25.0. The fraction of sp³-hybridized carbons (Fsp3) is 0.600. The van der Waals surface area contributed by atoms with E-state index in [1.807, 2.05) is 4.90 Å². The highest BCUT2D eigenvalue weighted by Crippen LogP contribution is 2.32. The number of carbonyl (C=O) groups excluding carboxylic acids is 2. The monoisotopic (exact) mass is 392 g/mol. The lowest BCUT2D eigenvalue weighted by Crippen LogP contribution is -2.51. The van der Waals surface area contributed by atoms with Crippen molar-refractivity contribution in [3.05, 3.63) is 34.9 Å². The summed E-state index contributed by atoms with van der Waals surface area (Å²) in [4.78, 5) is 29.5. The Balaban J connectivity index is 1.35. The average molecular weight is 393 g/mol. The molecular formula is C20H25ClN2O4. The number of amides is 2. The van der Waals surface area contributed by atoms with E-state index in [1.165, 1.54) is 0 Å². The quantitative estimate of drug-likeness (QED) is 0.776. The third-order valence-corrected chi connectivity index (χ3v) is 6.05. The summed E-state index contributed by atoms with van der Waals surface area (Å²) in [5.74, 6) is -0.486. The first kappa shape index (κ1) is 18.7. The van der Waals surface area contributed by atoms with Gasteiger partial charge < -0.3 is 19.3 Å². The van der Waals surface area contributed by atoms with Crippen LogP contribution in [0.5, 0.6) is 0 Å². The molecule has 4 rings (SSSR count). The van der Waals surface area contributed by atoms with Crippen molar-refractivity contribution in [2.24, 2.45) is 5.92 Å². The predicted molar refractivity (Wildman–Crippen MR) is 101 cm³/mol. The van der Waals surface area contributed by atoms with E-state index in [-0.39, 0.29) is 17.7 Å². The van der Waals surface area contributed by atoms with Crippen molar-refractivity contribution in [1.82, 2.24) is 9.80 Å². The van der Waals surface area contributed by atoms with Gasteiger partial charge in [0.25, 0.3) is 5.91 Å². The number of hydrogen-bond donors (Lipinski definition) is 0. The summed E-state index contributed by atoms with van der Waals surface area (Å²) in [7, 11) is 0. The molecule has 0 aromatic heterocycles. The topological polar surface area (TPSA) is 59.1 Å². The largest absolute Gasteiger partial charge is 0.347 e. The molecule has 0 N–H and O–H groups in total. The van der Waals surface area contributed by atoms with E-state index in [4.69, 9.17) is 21.1 Å². The molecule has 3 saturated heterocycles. The Kier molecular flexibility index (Phi) is 5.39. The Labute approximate surface area is 164 Å². The lowest BCUT2D eigenvalue weighted by Gasteiger charge is -2.40. The zero-order valence-corrected chi connectivity index (χ0v) is 16.1. The number of halogens is 1. The zero-order chi connectivity index (χ0) is 18.9. The smallest absolute Gasteiger partial charge is 0.253 e. The predicted octanol–water partition coefficient (Wildman–Crippen LogP) is 2.56. The second kappa shape index (κ2) is 7.78. The Morgan fingerprint density at radius 2 is 1.67 bits per heavy atom. The highest BCUT2D eigenvalue weighted by molar-refractivity contribution is 6.30. The molecule has 3 fully saturated rings. The average Bonchev–Trinajstić information content (AvgIpc) is 3.16. The minimum absolute atomic E-state index is 0.0329. The van der Waals surface area contributed by atoms with E-state index < -0.39 is 5.79 Å². The molecule has 1 spiro atoms. The molecule has 7 heteroatoms. The van der Waals surface area contributed by atoms with Gasteiger partial charge in [0.1, 0.15) is 0 Å². The Hall–Kier alpha value is -1.63. The number of carbonyl (C=O) groups is 2. The first-order valence-corrected chi connectivity index (χ1v) is 10.1. The number of rotatable bonds is 2. The summed E-state index contributed by atoms with van der Waals surface area (Å²) < 4.78 is 11.5. The molecule has 6 nitrogen and oxygen atoms in total. The molecule has 0 saturated carbocycles. The van der Waals surface area contributed by atoms with Crippen LogP contribution >= 0.6 is 11.6 Å². The molecule has 1 aromatic rings. The molecule has 1 unspecified atom stereocenters. The number of benzene rings is 1. The van der Waals surface area contributed by atoms with Gasteiger partial charge >= 0.3 is 0 Å². The van der Waals surface area contributed by atoms with Gasteiger partial charge in [-0.15, -0.1) is 0 Å². The van der Waals surface area contributed by atoms with Crippen molar-refractivity contribution in [2.45, 2.75) is 31.5 Å². The number of ether oxygens (including phenoxy) is 2. The van der Waals surface area contributed by atoms with Crippen LogP contribution in [-0.2, 0) is 14.3 Å². The number of hydrogen-bond acceptors (Lipinski definition) is 4. The Morgan fingerprint density at radius 3 is 2.33 bits per heavy atom. The van der Waals surface area contributed by atoms with E-state index in [0.717, 1.165) is 25.7 Å². The van der Waals surface area contributed by atoms with E-state index in [0.29, 0.717) is 50.0 Å². The van der Waals surface area contributed by atoms with E-state index in [9.17, 15) is 9.59 Å². The van der Waals surface area contributed by atoms with Gasteiger partial charge in [0.15, 0.2) is 5.79 Å². The van der Waals surface area contributed by atoms with E-state index in [1.54, 1.807) is 29.2 Å². The molecule has 0 bridgehead atoms. The third-order valence-electron chi connectivity index (χ3n) is 5.80. The minimum Gasteiger partial charge on any atom is -0.347 e. The molecule has 0 radical (unpaired) electrons. The van der Waals surface area contributed by atoms with Gasteiger partial charge in [-0.25, -0.2) is 0 Å². The molecule has 0 aliphatic carbocycles. The zero-order valence-electron chi connectivity index (χ0n) is 15.4. The second-order valence-electron chi connectivity index (χ2n) is 7.53. The van der Waals surface area contributed by atoms with Crippen LogP contribution in [0.4, 0.5) is 0 Å². The van der Waals surface area contributed by atoms with Crippen LogP contribution in [0.2, 0.25) is 5.02 Å². The van der Waals surface area contributed by atoms with Crippen molar-refractivity contribution in [1.29, 1.82) is 0 Å². The maximum Gasteiger partial charge on any atom is 0.253 e. The molecule has 2 amide bonds. The van der Waals surface area contributed by atoms with Crippen LogP contribution < -0.4 is 0 Å². The van der Waals surface area contributed by atoms with Crippen LogP contribution in [0.1, 0.15) is 36.0 Å². The summed E-state index contributed by atoms with van der Waals surface area (Å²) in [5.41, 5.74) is 0.614. The summed E-state index contributed by atoms with van der Waals surface area (Å²) >= 11 is 5.90. The fourth-order valence-electron chi connectivity index (χ4n) is 4.25. The van der Waals surface area contributed by atoms with Gasteiger partial charge in [-0.3, -0.25) is 9.59 Å². The maximum absolute atomic E-state index is 13.0.